The molecule has 2 saturated carbocycles. The summed E-state index contributed by atoms with van der Waals surface area (Å²) in [6.07, 6.45) is 12.0. The van der Waals surface area contributed by atoms with E-state index in [1.165, 1.54) is 37.6 Å². The molecule has 0 unspecified atom stereocenters. The largest absolute Gasteiger partial charge is 0.339 e. The number of rotatable bonds is 6. The number of nitrogens with zero attached hydrogens (tertiary/aromatic N) is 5. The number of fused-ring (bicyclic) bond motifs is 3. The maximum Gasteiger partial charge on any atom is 0.271 e. The molecule has 2 aliphatic carbocycles. The van der Waals surface area contributed by atoms with Crippen molar-refractivity contribution < 1.29 is 4.79 Å². The fourth-order valence-corrected chi connectivity index (χ4v) is 5.64. The lowest BCUT2D eigenvalue weighted by atomic mass is 9.94. The van der Waals surface area contributed by atoms with Crippen LogP contribution >= 0.6 is 0 Å². The summed E-state index contributed by atoms with van der Waals surface area (Å²) in [4.78, 5) is 25.3. The van der Waals surface area contributed by atoms with Gasteiger partial charge in [-0.3, -0.25) is 9.36 Å². The molecule has 0 aliphatic heterocycles. The van der Waals surface area contributed by atoms with Crippen molar-refractivity contribution in [3.63, 3.8) is 0 Å². The van der Waals surface area contributed by atoms with Gasteiger partial charge in [0.1, 0.15) is 5.69 Å². The van der Waals surface area contributed by atoms with E-state index < -0.39 is 0 Å². The van der Waals surface area contributed by atoms with E-state index in [4.69, 9.17) is 0 Å². The van der Waals surface area contributed by atoms with Crippen LogP contribution in [0.4, 0.5) is 0 Å². The van der Waals surface area contributed by atoms with Gasteiger partial charge in [0.25, 0.3) is 5.91 Å². The molecule has 1 amide bonds. The quantitative estimate of drug-likeness (QED) is 0.392. The Balaban J connectivity index is 1.57. The Labute approximate surface area is 194 Å². The number of amides is 1. The number of hydrogen-bond donors (Lipinski definition) is 0. The Morgan fingerprint density at radius 2 is 1.76 bits per heavy atom. The minimum Gasteiger partial charge on any atom is -0.339 e. The van der Waals surface area contributed by atoms with Gasteiger partial charge >= 0.3 is 0 Å². The number of para-hydroxylation sites is 1. The van der Waals surface area contributed by atoms with Crippen LogP contribution in [-0.2, 0) is 6.54 Å². The Morgan fingerprint density at radius 3 is 2.48 bits per heavy atom. The lowest BCUT2D eigenvalue weighted by Crippen LogP contribution is -2.42. The van der Waals surface area contributed by atoms with E-state index in [1.807, 2.05) is 10.6 Å². The van der Waals surface area contributed by atoms with Crippen molar-refractivity contribution in [2.45, 2.75) is 64.5 Å². The van der Waals surface area contributed by atoms with E-state index in [-0.39, 0.29) is 5.91 Å². The van der Waals surface area contributed by atoms with E-state index in [0.29, 0.717) is 17.7 Å². The minimum absolute atomic E-state index is 0.0927. The molecule has 170 valence electrons. The van der Waals surface area contributed by atoms with Crippen molar-refractivity contribution in [3.05, 3.63) is 54.5 Å². The second kappa shape index (κ2) is 8.32. The second-order valence-corrected chi connectivity index (χ2v) is 9.60. The molecule has 0 spiro atoms. The van der Waals surface area contributed by atoms with Crippen molar-refractivity contribution in [1.82, 2.24) is 24.0 Å². The average Bonchev–Trinajstić information content (AvgIpc) is 3.53. The highest BCUT2D eigenvalue weighted by Crippen LogP contribution is 2.38. The average molecular weight is 442 g/mol. The summed E-state index contributed by atoms with van der Waals surface area (Å²) in [6, 6.07) is 12.8. The number of aromatic nitrogens is 4. The van der Waals surface area contributed by atoms with Gasteiger partial charge in [-0.1, -0.05) is 37.5 Å². The zero-order valence-electron chi connectivity index (χ0n) is 19.3. The minimum atomic E-state index is 0.0927. The monoisotopic (exact) mass is 441 g/mol. The van der Waals surface area contributed by atoms with Gasteiger partial charge in [0.05, 0.1) is 16.6 Å². The second-order valence-electron chi connectivity index (χ2n) is 9.60. The highest BCUT2D eigenvalue weighted by Gasteiger charge is 2.31. The lowest BCUT2D eigenvalue weighted by Gasteiger charge is -2.33. The van der Waals surface area contributed by atoms with Gasteiger partial charge in [-0.15, -0.1) is 0 Å². The highest BCUT2D eigenvalue weighted by molar-refractivity contribution is 6.11. The van der Waals surface area contributed by atoms with Crippen molar-refractivity contribution in [1.29, 1.82) is 0 Å². The fourth-order valence-electron chi connectivity index (χ4n) is 5.64. The summed E-state index contributed by atoms with van der Waals surface area (Å²) < 4.78 is 4.42. The number of benzene rings is 1. The van der Waals surface area contributed by atoms with Gasteiger partial charge in [-0.05, 0) is 56.7 Å². The van der Waals surface area contributed by atoms with Crippen LogP contribution in [0, 0.1) is 5.92 Å². The Kier molecular flexibility index (Phi) is 5.16. The Hall–Kier alpha value is -3.15. The van der Waals surface area contributed by atoms with Crippen LogP contribution < -0.4 is 0 Å². The molecule has 6 rings (SSSR count). The summed E-state index contributed by atoms with van der Waals surface area (Å²) >= 11 is 0. The Bertz CT molecular complexity index is 1290. The van der Waals surface area contributed by atoms with E-state index in [0.717, 1.165) is 48.3 Å². The van der Waals surface area contributed by atoms with Crippen molar-refractivity contribution in [2.75, 3.05) is 6.54 Å². The number of carbonyl (C=O) groups excluding carboxylic acids is 1. The molecular weight excluding hydrogens is 410 g/mol. The maximum atomic E-state index is 14.1. The molecule has 1 aromatic carbocycles. The smallest absolute Gasteiger partial charge is 0.271 e. The van der Waals surface area contributed by atoms with Crippen LogP contribution in [0.15, 0.2) is 48.8 Å². The van der Waals surface area contributed by atoms with Gasteiger partial charge < -0.3 is 9.47 Å². The molecule has 0 N–H and O–H groups in total. The molecule has 3 aromatic heterocycles. The van der Waals surface area contributed by atoms with Crippen LogP contribution in [0.2, 0.25) is 0 Å². The van der Waals surface area contributed by atoms with Crippen molar-refractivity contribution in [3.8, 4) is 5.95 Å². The fraction of sp³-hybridized carbons (Fsp3) is 0.444. The van der Waals surface area contributed by atoms with Crippen LogP contribution in [0.3, 0.4) is 0 Å². The molecule has 0 bridgehead atoms. The first-order chi connectivity index (χ1) is 16.3. The predicted octanol–water partition coefficient (Wildman–Crippen LogP) is 5.58. The van der Waals surface area contributed by atoms with Crippen LogP contribution in [0.5, 0.6) is 0 Å². The van der Waals surface area contributed by atoms with Crippen molar-refractivity contribution in [2.24, 2.45) is 5.92 Å². The first-order valence-corrected chi connectivity index (χ1v) is 12.5. The summed E-state index contributed by atoms with van der Waals surface area (Å²) in [7, 11) is 0. The molecule has 33 heavy (non-hydrogen) atoms. The molecular formula is C27H31N5O. The van der Waals surface area contributed by atoms with Gasteiger partial charge in [-0.25, -0.2) is 9.97 Å². The van der Waals surface area contributed by atoms with E-state index in [2.05, 4.69) is 56.7 Å². The van der Waals surface area contributed by atoms with Crippen LogP contribution in [0.1, 0.15) is 62.4 Å². The highest BCUT2D eigenvalue weighted by atomic mass is 16.2. The molecule has 3 heterocycles. The van der Waals surface area contributed by atoms with Gasteiger partial charge in [0.15, 0.2) is 0 Å². The maximum absolute atomic E-state index is 14.1. The summed E-state index contributed by atoms with van der Waals surface area (Å²) in [5.41, 5.74) is 4.05. The first-order valence-electron chi connectivity index (χ1n) is 12.5. The molecule has 4 aromatic rings. The predicted molar refractivity (Wildman–Crippen MR) is 131 cm³/mol. The summed E-state index contributed by atoms with van der Waals surface area (Å²) in [6.45, 7) is 3.82. The molecule has 6 heteroatoms. The number of hydrogen-bond acceptors (Lipinski definition) is 3. The molecule has 6 nitrogen and oxygen atoms in total. The van der Waals surface area contributed by atoms with Gasteiger partial charge in [0.2, 0.25) is 5.95 Å². The number of carbonyl (C=O) groups is 1. The molecule has 0 saturated heterocycles. The van der Waals surface area contributed by atoms with E-state index in [1.54, 1.807) is 12.4 Å². The third kappa shape index (κ3) is 3.52. The van der Waals surface area contributed by atoms with Gasteiger partial charge in [-0.2, -0.15) is 0 Å². The first kappa shape index (κ1) is 20.5. The molecule has 2 aliphatic rings. The van der Waals surface area contributed by atoms with Crippen molar-refractivity contribution >= 4 is 27.8 Å². The summed E-state index contributed by atoms with van der Waals surface area (Å²) in [5.74, 6) is 1.38. The van der Waals surface area contributed by atoms with Crippen LogP contribution in [-0.4, -0.2) is 42.5 Å². The lowest BCUT2D eigenvalue weighted by molar-refractivity contribution is 0.0640. The van der Waals surface area contributed by atoms with E-state index >= 15 is 0 Å². The normalized spacial score (nSPS) is 17.1. The van der Waals surface area contributed by atoms with E-state index in [9.17, 15) is 4.79 Å². The summed E-state index contributed by atoms with van der Waals surface area (Å²) in [5, 5.41) is 1.15. The zero-order valence-corrected chi connectivity index (χ0v) is 19.3. The molecule has 0 atom stereocenters. The zero-order chi connectivity index (χ0) is 22.4. The third-order valence-electron chi connectivity index (χ3n) is 7.45. The topological polar surface area (TPSA) is 56.0 Å². The van der Waals surface area contributed by atoms with Gasteiger partial charge in [0, 0.05) is 36.9 Å². The van der Waals surface area contributed by atoms with Crippen LogP contribution in [0.25, 0.3) is 27.9 Å². The third-order valence-corrected chi connectivity index (χ3v) is 7.45. The molecule has 0 radical (unpaired) electrons. The molecule has 2 fully saturated rings. The Morgan fingerprint density at radius 1 is 1.00 bits per heavy atom. The SMILES string of the molecule is CCN(C(=O)c1cc2c(c3ccccc3n2CC2CC2)n1-c1ncccn1)C1CCCCC1. The standard InChI is InChI=1S/C27H31N5O/c1-2-30(20-9-4-3-5-10-20)26(33)24-17-23-25(32(24)27-28-15-8-16-29-27)21-11-6-7-12-22(21)31(23)18-19-13-14-19/h6-8,11-12,15-17,19-20H,2-5,9-10,13-14,18H2,1H3.